The summed E-state index contributed by atoms with van der Waals surface area (Å²) in [5.74, 6) is -2.64. The fourth-order valence-corrected chi connectivity index (χ4v) is 2.91. The summed E-state index contributed by atoms with van der Waals surface area (Å²) >= 11 is 0. The predicted octanol–water partition coefficient (Wildman–Crippen LogP) is 0.774. The summed E-state index contributed by atoms with van der Waals surface area (Å²) in [6.07, 6.45) is 2.34. The number of benzene rings is 1. The van der Waals surface area contributed by atoms with Crippen LogP contribution in [0.15, 0.2) is 30.9 Å². The van der Waals surface area contributed by atoms with Crippen molar-refractivity contribution < 1.29 is 28.7 Å². The molecule has 26 heavy (non-hydrogen) atoms. The summed E-state index contributed by atoms with van der Waals surface area (Å²) in [6.45, 7) is 3.34. The van der Waals surface area contributed by atoms with Crippen molar-refractivity contribution in [2.45, 2.75) is 12.8 Å². The molecule has 1 saturated heterocycles. The molecule has 0 aliphatic carbocycles. The average molecular weight is 356 g/mol. The van der Waals surface area contributed by atoms with E-state index >= 15 is 0 Å². The van der Waals surface area contributed by atoms with Gasteiger partial charge in [0.05, 0.1) is 16.7 Å². The molecule has 1 fully saturated rings. The van der Waals surface area contributed by atoms with Gasteiger partial charge in [-0.15, -0.1) is 6.58 Å². The molecule has 1 aromatic carbocycles. The van der Waals surface area contributed by atoms with Crippen LogP contribution in [0.5, 0.6) is 0 Å². The van der Waals surface area contributed by atoms with Crippen LogP contribution in [0, 0.1) is 0 Å². The maximum Gasteiger partial charge on any atom is 0.338 e. The summed E-state index contributed by atoms with van der Waals surface area (Å²) in [5.41, 5.74) is 0.352. The van der Waals surface area contributed by atoms with Gasteiger partial charge in [0.15, 0.2) is 6.61 Å². The number of rotatable bonds is 5. The molecule has 1 aromatic rings. The van der Waals surface area contributed by atoms with Gasteiger partial charge in [-0.1, -0.05) is 6.08 Å². The van der Waals surface area contributed by atoms with Crippen molar-refractivity contribution in [3.05, 3.63) is 47.5 Å². The Kier molecular flexibility index (Phi) is 4.66. The van der Waals surface area contributed by atoms with Crippen molar-refractivity contribution in [1.82, 2.24) is 9.80 Å². The zero-order valence-electron chi connectivity index (χ0n) is 13.9. The third-order valence-corrected chi connectivity index (χ3v) is 4.22. The monoisotopic (exact) mass is 356 g/mol. The minimum Gasteiger partial charge on any atom is -0.452 e. The molecule has 134 valence electrons. The first kappa shape index (κ1) is 17.5. The highest BCUT2D eigenvalue weighted by atomic mass is 16.5. The van der Waals surface area contributed by atoms with Crippen molar-refractivity contribution in [3.63, 3.8) is 0 Å². The number of imide groups is 2. The minimum atomic E-state index is -0.810. The maximum atomic E-state index is 12.3. The molecule has 0 unspecified atom stereocenters. The third kappa shape index (κ3) is 3.01. The molecule has 0 bridgehead atoms. The lowest BCUT2D eigenvalue weighted by atomic mass is 10.1. The van der Waals surface area contributed by atoms with Gasteiger partial charge in [-0.3, -0.25) is 29.0 Å². The number of ether oxygens (including phenoxy) is 1. The topological polar surface area (TPSA) is 101 Å². The number of carbonyl (C=O) groups excluding carboxylic acids is 5. The van der Waals surface area contributed by atoms with Crippen molar-refractivity contribution >= 4 is 29.6 Å². The smallest absolute Gasteiger partial charge is 0.338 e. The van der Waals surface area contributed by atoms with Gasteiger partial charge < -0.3 is 4.74 Å². The lowest BCUT2D eigenvalue weighted by Gasteiger charge is -2.13. The SMILES string of the molecule is C=CCN1C(=O)c2ccc(C(=O)OCC(=O)N3CCCC3=O)cc2C1=O. The van der Waals surface area contributed by atoms with Crippen LogP contribution in [0.3, 0.4) is 0 Å². The van der Waals surface area contributed by atoms with Gasteiger partial charge in [0.2, 0.25) is 5.91 Å². The fraction of sp³-hybridized carbons (Fsp3) is 0.278. The summed E-state index contributed by atoms with van der Waals surface area (Å²) in [7, 11) is 0. The Morgan fingerprint density at radius 2 is 1.88 bits per heavy atom. The first-order valence-corrected chi connectivity index (χ1v) is 8.05. The largest absolute Gasteiger partial charge is 0.452 e. The average Bonchev–Trinajstić information content (AvgIpc) is 3.16. The van der Waals surface area contributed by atoms with Crippen LogP contribution in [0.25, 0.3) is 0 Å². The van der Waals surface area contributed by atoms with E-state index in [2.05, 4.69) is 6.58 Å². The number of hydrogen-bond acceptors (Lipinski definition) is 6. The number of amides is 4. The highest BCUT2D eigenvalue weighted by molar-refractivity contribution is 6.22. The summed E-state index contributed by atoms with van der Waals surface area (Å²) < 4.78 is 4.94. The Morgan fingerprint density at radius 1 is 1.15 bits per heavy atom. The highest BCUT2D eigenvalue weighted by Crippen LogP contribution is 2.24. The van der Waals surface area contributed by atoms with E-state index in [-0.39, 0.29) is 29.1 Å². The van der Waals surface area contributed by atoms with Crippen LogP contribution in [-0.4, -0.2) is 59.1 Å². The zero-order valence-corrected chi connectivity index (χ0v) is 13.9. The molecular formula is C18H16N2O6. The molecule has 8 heteroatoms. The predicted molar refractivity (Wildman–Crippen MR) is 88.2 cm³/mol. The van der Waals surface area contributed by atoms with Crippen molar-refractivity contribution in [3.8, 4) is 0 Å². The molecule has 0 aromatic heterocycles. The second-order valence-corrected chi connectivity index (χ2v) is 5.89. The Morgan fingerprint density at radius 3 is 2.54 bits per heavy atom. The highest BCUT2D eigenvalue weighted by Gasteiger charge is 2.35. The molecule has 3 rings (SSSR count). The van der Waals surface area contributed by atoms with E-state index in [1.807, 2.05) is 0 Å². The standard InChI is InChI=1S/C18H16N2O6/c1-2-7-20-16(23)12-6-5-11(9-13(12)17(20)24)18(25)26-10-15(22)19-8-3-4-14(19)21/h2,5-6,9H,1,3-4,7-8,10H2. The van der Waals surface area contributed by atoms with Crippen LogP contribution in [-0.2, 0) is 14.3 Å². The number of esters is 1. The Hall–Kier alpha value is -3.29. The second-order valence-electron chi connectivity index (χ2n) is 5.89. The van der Waals surface area contributed by atoms with Gasteiger partial charge in [-0.25, -0.2) is 4.79 Å². The van der Waals surface area contributed by atoms with Gasteiger partial charge in [0.25, 0.3) is 17.7 Å². The van der Waals surface area contributed by atoms with Crippen molar-refractivity contribution in [2.75, 3.05) is 19.7 Å². The quantitative estimate of drug-likeness (QED) is 0.439. The minimum absolute atomic E-state index is 0.0471. The first-order valence-electron chi connectivity index (χ1n) is 8.05. The van der Waals surface area contributed by atoms with E-state index in [1.165, 1.54) is 24.3 Å². The van der Waals surface area contributed by atoms with E-state index in [0.717, 1.165) is 9.80 Å². The molecule has 2 aliphatic rings. The first-order chi connectivity index (χ1) is 12.4. The molecule has 0 spiro atoms. The van der Waals surface area contributed by atoms with Crippen LogP contribution in [0.4, 0.5) is 0 Å². The van der Waals surface area contributed by atoms with Crippen LogP contribution in [0.2, 0.25) is 0 Å². The number of nitrogens with zero attached hydrogens (tertiary/aromatic N) is 2. The molecule has 8 nitrogen and oxygen atoms in total. The van der Waals surface area contributed by atoms with E-state index in [1.54, 1.807) is 0 Å². The summed E-state index contributed by atoms with van der Waals surface area (Å²) in [6, 6.07) is 4.00. The number of fused-ring (bicyclic) bond motifs is 1. The van der Waals surface area contributed by atoms with Gasteiger partial charge in [-0.2, -0.15) is 0 Å². The van der Waals surface area contributed by atoms with Crippen LogP contribution < -0.4 is 0 Å². The maximum absolute atomic E-state index is 12.3. The van der Waals surface area contributed by atoms with Gasteiger partial charge in [-0.05, 0) is 24.6 Å². The van der Waals surface area contributed by atoms with E-state index in [4.69, 9.17) is 4.74 Å². The number of likely N-dealkylation sites (tertiary alicyclic amines) is 1. The second kappa shape index (κ2) is 6.91. The van der Waals surface area contributed by atoms with Gasteiger partial charge >= 0.3 is 5.97 Å². The normalized spacial score (nSPS) is 16.1. The van der Waals surface area contributed by atoms with E-state index < -0.39 is 30.3 Å². The Balaban J connectivity index is 1.69. The molecule has 2 heterocycles. The van der Waals surface area contributed by atoms with Crippen molar-refractivity contribution in [1.29, 1.82) is 0 Å². The van der Waals surface area contributed by atoms with Crippen LogP contribution in [0.1, 0.15) is 43.9 Å². The Bertz CT molecular complexity index is 844. The summed E-state index contributed by atoms with van der Waals surface area (Å²) in [5, 5.41) is 0. The fourth-order valence-electron chi connectivity index (χ4n) is 2.91. The number of hydrogen-bond donors (Lipinski definition) is 0. The van der Waals surface area contributed by atoms with Crippen molar-refractivity contribution in [2.24, 2.45) is 0 Å². The third-order valence-electron chi connectivity index (χ3n) is 4.22. The van der Waals surface area contributed by atoms with E-state index in [0.29, 0.717) is 19.4 Å². The van der Waals surface area contributed by atoms with E-state index in [9.17, 15) is 24.0 Å². The molecule has 0 N–H and O–H groups in total. The van der Waals surface area contributed by atoms with Gasteiger partial charge in [0.1, 0.15) is 0 Å². The lowest BCUT2D eigenvalue weighted by Crippen LogP contribution is -2.35. The molecule has 2 aliphatic heterocycles. The summed E-state index contributed by atoms with van der Waals surface area (Å²) in [4.78, 5) is 62.0. The molecule has 0 saturated carbocycles. The zero-order chi connectivity index (χ0) is 18.8. The van der Waals surface area contributed by atoms with Gasteiger partial charge in [0, 0.05) is 19.5 Å². The van der Waals surface area contributed by atoms with Crippen LogP contribution >= 0.6 is 0 Å². The molecule has 0 radical (unpaired) electrons. The number of carbonyl (C=O) groups is 5. The molecular weight excluding hydrogens is 340 g/mol. The molecule has 0 atom stereocenters. The lowest BCUT2D eigenvalue weighted by molar-refractivity contribution is -0.143. The Labute approximate surface area is 149 Å². The molecule has 4 amide bonds.